The van der Waals surface area contributed by atoms with Gasteiger partial charge in [-0.15, -0.1) is 0 Å². The molecule has 18 heavy (non-hydrogen) atoms. The van der Waals surface area contributed by atoms with Gasteiger partial charge >= 0.3 is 0 Å². The van der Waals surface area contributed by atoms with Gasteiger partial charge in [0.25, 0.3) is 0 Å². The van der Waals surface area contributed by atoms with E-state index in [1.54, 1.807) is 0 Å². The van der Waals surface area contributed by atoms with E-state index in [2.05, 4.69) is 30.7 Å². The normalized spacial score (nSPS) is 40.0. The molecule has 0 aromatic heterocycles. The van der Waals surface area contributed by atoms with Gasteiger partial charge in [0.15, 0.2) is 0 Å². The Morgan fingerprint density at radius 1 is 1.22 bits per heavy atom. The minimum Gasteiger partial charge on any atom is -0.393 e. The van der Waals surface area contributed by atoms with Crippen molar-refractivity contribution in [2.24, 2.45) is 11.8 Å². The average Bonchev–Trinajstić information content (AvgIpc) is 2.36. The van der Waals surface area contributed by atoms with E-state index in [4.69, 9.17) is 0 Å². The van der Waals surface area contributed by atoms with Crippen molar-refractivity contribution >= 4 is 0 Å². The lowest BCUT2D eigenvalue weighted by molar-refractivity contribution is 0.0107. The zero-order valence-electron chi connectivity index (χ0n) is 12.3. The van der Waals surface area contributed by atoms with Gasteiger partial charge < -0.3 is 14.9 Å². The lowest BCUT2D eigenvalue weighted by Crippen LogP contribution is -2.52. The predicted molar refractivity (Wildman–Crippen MR) is 75.7 cm³/mol. The molecule has 4 unspecified atom stereocenters. The van der Waals surface area contributed by atoms with Crippen molar-refractivity contribution in [1.29, 1.82) is 0 Å². The van der Waals surface area contributed by atoms with E-state index in [0.717, 1.165) is 25.4 Å². The Hall–Kier alpha value is -0.120. The summed E-state index contributed by atoms with van der Waals surface area (Å²) in [5, 5.41) is 10.2. The summed E-state index contributed by atoms with van der Waals surface area (Å²) in [4.78, 5) is 5.00. The Bertz CT molecular complexity index is 259. The summed E-state index contributed by atoms with van der Waals surface area (Å²) in [6.45, 7) is 9.20. The third kappa shape index (κ3) is 3.46. The van der Waals surface area contributed by atoms with Crippen LogP contribution in [-0.4, -0.2) is 60.3 Å². The third-order valence-electron chi connectivity index (χ3n) is 5.16. The topological polar surface area (TPSA) is 26.7 Å². The number of aliphatic hydroxyl groups is 1. The first-order chi connectivity index (χ1) is 8.60. The van der Waals surface area contributed by atoms with Crippen LogP contribution in [-0.2, 0) is 0 Å². The first kappa shape index (κ1) is 14.3. The van der Waals surface area contributed by atoms with Gasteiger partial charge in [0.2, 0.25) is 0 Å². The quantitative estimate of drug-likeness (QED) is 0.832. The fourth-order valence-electron chi connectivity index (χ4n) is 3.53. The number of rotatable bonds is 3. The number of likely N-dealkylation sites (N-methyl/N-ethyl adjacent to an activating group) is 1. The molecule has 1 aliphatic heterocycles. The molecule has 1 N–H and O–H groups in total. The van der Waals surface area contributed by atoms with Gasteiger partial charge in [-0.05, 0) is 45.1 Å². The smallest absolute Gasteiger partial charge is 0.0580 e. The van der Waals surface area contributed by atoms with Crippen molar-refractivity contribution in [2.45, 2.75) is 51.7 Å². The molecule has 4 atom stereocenters. The van der Waals surface area contributed by atoms with Crippen molar-refractivity contribution in [2.75, 3.05) is 33.2 Å². The molecule has 1 aliphatic carbocycles. The van der Waals surface area contributed by atoms with Gasteiger partial charge in [-0.2, -0.15) is 0 Å². The van der Waals surface area contributed by atoms with E-state index >= 15 is 0 Å². The summed E-state index contributed by atoms with van der Waals surface area (Å²) in [7, 11) is 2.21. The molecule has 0 amide bonds. The monoisotopic (exact) mass is 254 g/mol. The number of hydrogen-bond acceptors (Lipinski definition) is 3. The summed E-state index contributed by atoms with van der Waals surface area (Å²) in [5.74, 6) is 1.36. The van der Waals surface area contributed by atoms with Gasteiger partial charge in [-0.1, -0.05) is 13.3 Å². The lowest BCUT2D eigenvalue weighted by Gasteiger charge is -2.41. The zero-order chi connectivity index (χ0) is 13.1. The first-order valence-electron chi connectivity index (χ1n) is 7.70. The van der Waals surface area contributed by atoms with Crippen LogP contribution < -0.4 is 0 Å². The molecule has 0 bridgehead atoms. The molecule has 2 fully saturated rings. The van der Waals surface area contributed by atoms with Crippen LogP contribution in [0, 0.1) is 11.8 Å². The van der Waals surface area contributed by atoms with Gasteiger partial charge in [-0.25, -0.2) is 0 Å². The maximum absolute atomic E-state index is 10.2. The molecule has 3 nitrogen and oxygen atoms in total. The van der Waals surface area contributed by atoms with Crippen LogP contribution >= 0.6 is 0 Å². The summed E-state index contributed by atoms with van der Waals surface area (Å²) in [5.41, 5.74) is 0. The molecule has 0 spiro atoms. The number of nitrogens with zero attached hydrogens (tertiary/aromatic N) is 2. The van der Waals surface area contributed by atoms with Gasteiger partial charge in [0, 0.05) is 32.2 Å². The highest BCUT2D eigenvalue weighted by molar-refractivity contribution is 4.84. The Balaban J connectivity index is 1.84. The van der Waals surface area contributed by atoms with Gasteiger partial charge in [0.05, 0.1) is 6.10 Å². The van der Waals surface area contributed by atoms with Crippen molar-refractivity contribution in [3.8, 4) is 0 Å². The third-order valence-corrected chi connectivity index (χ3v) is 5.16. The maximum Gasteiger partial charge on any atom is 0.0580 e. The largest absolute Gasteiger partial charge is 0.393 e. The van der Waals surface area contributed by atoms with E-state index in [0.29, 0.717) is 12.0 Å². The Morgan fingerprint density at radius 2 is 2.00 bits per heavy atom. The number of aliphatic hydroxyl groups excluding tert-OH is 1. The minimum atomic E-state index is -0.0530. The second-order valence-corrected chi connectivity index (χ2v) is 6.50. The summed E-state index contributed by atoms with van der Waals surface area (Å²) in [6.07, 6.45) is 4.71. The molecule has 106 valence electrons. The molecule has 0 aromatic carbocycles. The minimum absolute atomic E-state index is 0.0530. The van der Waals surface area contributed by atoms with Crippen LogP contribution in [0.1, 0.15) is 39.5 Å². The SMILES string of the molecule is CCC1CCC(O)C(CN2CCN(C)C(C)C2)C1. The first-order valence-corrected chi connectivity index (χ1v) is 7.70. The maximum atomic E-state index is 10.2. The fraction of sp³-hybridized carbons (Fsp3) is 1.00. The Labute approximate surface area is 112 Å². The standard InChI is InChI=1S/C15H30N2O/c1-4-13-5-6-15(18)14(9-13)11-17-8-7-16(3)12(2)10-17/h12-15,18H,4-11H2,1-3H3. The molecular weight excluding hydrogens is 224 g/mol. The van der Waals surface area contributed by atoms with Crippen molar-refractivity contribution in [3.63, 3.8) is 0 Å². The average molecular weight is 254 g/mol. The molecular formula is C15H30N2O. The van der Waals surface area contributed by atoms with E-state index < -0.39 is 0 Å². The Morgan fingerprint density at radius 3 is 2.67 bits per heavy atom. The molecule has 1 saturated heterocycles. The number of hydrogen-bond donors (Lipinski definition) is 1. The molecule has 0 radical (unpaired) electrons. The summed E-state index contributed by atoms with van der Waals surface area (Å²) < 4.78 is 0. The van der Waals surface area contributed by atoms with Gasteiger partial charge in [0.1, 0.15) is 0 Å². The molecule has 0 aromatic rings. The van der Waals surface area contributed by atoms with Crippen LogP contribution in [0.5, 0.6) is 0 Å². The van der Waals surface area contributed by atoms with Crippen molar-refractivity contribution in [3.05, 3.63) is 0 Å². The zero-order valence-corrected chi connectivity index (χ0v) is 12.3. The lowest BCUT2D eigenvalue weighted by atomic mass is 9.78. The van der Waals surface area contributed by atoms with E-state index in [1.165, 1.54) is 32.4 Å². The van der Waals surface area contributed by atoms with E-state index in [9.17, 15) is 5.11 Å². The molecule has 3 heteroatoms. The highest BCUT2D eigenvalue weighted by atomic mass is 16.3. The molecule has 2 rings (SSSR count). The van der Waals surface area contributed by atoms with Crippen LogP contribution in [0.4, 0.5) is 0 Å². The van der Waals surface area contributed by atoms with Crippen LogP contribution in [0.25, 0.3) is 0 Å². The van der Waals surface area contributed by atoms with E-state index in [1.807, 2.05) is 0 Å². The summed E-state index contributed by atoms with van der Waals surface area (Å²) >= 11 is 0. The number of piperazine rings is 1. The second-order valence-electron chi connectivity index (χ2n) is 6.50. The van der Waals surface area contributed by atoms with Gasteiger partial charge in [-0.3, -0.25) is 0 Å². The molecule has 1 heterocycles. The highest BCUT2D eigenvalue weighted by Crippen LogP contribution is 2.32. The van der Waals surface area contributed by atoms with Crippen molar-refractivity contribution < 1.29 is 5.11 Å². The van der Waals surface area contributed by atoms with E-state index in [-0.39, 0.29) is 6.10 Å². The van der Waals surface area contributed by atoms with Crippen LogP contribution in [0.3, 0.4) is 0 Å². The summed E-state index contributed by atoms with van der Waals surface area (Å²) in [6, 6.07) is 0.654. The van der Waals surface area contributed by atoms with Crippen LogP contribution in [0.15, 0.2) is 0 Å². The highest BCUT2D eigenvalue weighted by Gasteiger charge is 2.31. The van der Waals surface area contributed by atoms with Crippen molar-refractivity contribution in [1.82, 2.24) is 9.80 Å². The fourth-order valence-corrected chi connectivity index (χ4v) is 3.53. The second kappa shape index (κ2) is 6.36. The van der Waals surface area contributed by atoms with Crippen LogP contribution in [0.2, 0.25) is 0 Å². The molecule has 1 saturated carbocycles. The predicted octanol–water partition coefficient (Wildman–Crippen LogP) is 1.81. The molecule has 2 aliphatic rings. The Kier molecular flexibility index (Phi) is 5.05.